The highest BCUT2D eigenvalue weighted by atomic mass is 19.1. The smallest absolute Gasteiger partial charge is 0.208 e. The molecule has 4 rings (SSSR count). The SMILES string of the molecule is O=C(c1ccc(Cc2ccc(F)cc2)o1)C1CCc2cccnc2C1=O. The minimum Gasteiger partial charge on any atom is -0.458 e. The number of furan rings is 1. The van der Waals surface area contributed by atoms with Gasteiger partial charge in [0.05, 0.1) is 5.92 Å². The van der Waals surface area contributed by atoms with E-state index < -0.39 is 5.92 Å². The summed E-state index contributed by atoms with van der Waals surface area (Å²) in [5, 5.41) is 0. The summed E-state index contributed by atoms with van der Waals surface area (Å²) in [7, 11) is 0. The Morgan fingerprint density at radius 1 is 1.15 bits per heavy atom. The van der Waals surface area contributed by atoms with Gasteiger partial charge in [-0.3, -0.25) is 14.6 Å². The molecule has 2 aromatic heterocycles. The second-order valence-corrected chi connectivity index (χ2v) is 6.40. The van der Waals surface area contributed by atoms with Crippen molar-refractivity contribution in [3.05, 3.63) is 88.9 Å². The fraction of sp³-hybridized carbons (Fsp3) is 0.190. The lowest BCUT2D eigenvalue weighted by Crippen LogP contribution is -2.30. The summed E-state index contributed by atoms with van der Waals surface area (Å²) in [6.07, 6.45) is 3.13. The molecule has 1 atom stereocenters. The molecule has 1 aromatic carbocycles. The zero-order valence-electron chi connectivity index (χ0n) is 13.9. The van der Waals surface area contributed by atoms with Crippen molar-refractivity contribution in [2.45, 2.75) is 19.3 Å². The van der Waals surface area contributed by atoms with Crippen molar-refractivity contribution in [1.82, 2.24) is 4.98 Å². The number of rotatable bonds is 4. The van der Waals surface area contributed by atoms with Crippen LogP contribution in [0, 0.1) is 11.7 Å². The third kappa shape index (κ3) is 3.08. The zero-order chi connectivity index (χ0) is 18.1. The molecule has 0 N–H and O–H groups in total. The van der Waals surface area contributed by atoms with Crippen LogP contribution in [0.3, 0.4) is 0 Å². The first-order chi connectivity index (χ1) is 12.6. The number of halogens is 1. The van der Waals surface area contributed by atoms with Crippen LogP contribution >= 0.6 is 0 Å². The lowest BCUT2D eigenvalue weighted by molar-refractivity contribution is 0.0769. The number of hydrogen-bond acceptors (Lipinski definition) is 4. The molecule has 3 aromatic rings. The van der Waals surface area contributed by atoms with E-state index in [0.29, 0.717) is 30.7 Å². The third-order valence-corrected chi connectivity index (χ3v) is 4.66. The van der Waals surface area contributed by atoms with E-state index in [2.05, 4.69) is 4.98 Å². The second kappa shape index (κ2) is 6.67. The highest BCUT2D eigenvalue weighted by molar-refractivity contribution is 6.15. The highest BCUT2D eigenvalue weighted by Crippen LogP contribution is 2.27. The van der Waals surface area contributed by atoms with Crippen LogP contribution in [0.5, 0.6) is 0 Å². The fourth-order valence-corrected chi connectivity index (χ4v) is 3.29. The molecular weight excluding hydrogens is 333 g/mol. The van der Waals surface area contributed by atoms with Crippen LogP contribution in [0.1, 0.15) is 44.4 Å². The first-order valence-corrected chi connectivity index (χ1v) is 8.47. The van der Waals surface area contributed by atoms with Crippen LogP contribution < -0.4 is 0 Å². The van der Waals surface area contributed by atoms with E-state index in [4.69, 9.17) is 4.42 Å². The van der Waals surface area contributed by atoms with Crippen LogP contribution in [0.25, 0.3) is 0 Å². The van der Waals surface area contributed by atoms with Gasteiger partial charge < -0.3 is 4.42 Å². The number of aromatic nitrogens is 1. The molecule has 0 radical (unpaired) electrons. The first kappa shape index (κ1) is 16.4. The van der Waals surface area contributed by atoms with E-state index in [9.17, 15) is 14.0 Å². The number of nitrogens with zero attached hydrogens (tertiary/aromatic N) is 1. The molecule has 4 nitrogen and oxygen atoms in total. The molecule has 130 valence electrons. The van der Waals surface area contributed by atoms with Crippen LogP contribution in [-0.2, 0) is 12.8 Å². The molecule has 1 aliphatic rings. The third-order valence-electron chi connectivity index (χ3n) is 4.66. The van der Waals surface area contributed by atoms with E-state index in [1.54, 1.807) is 36.5 Å². The van der Waals surface area contributed by atoms with E-state index >= 15 is 0 Å². The van der Waals surface area contributed by atoms with Gasteiger partial charge in [-0.1, -0.05) is 18.2 Å². The number of ketones is 2. The number of Topliss-reactive ketones (excluding diaryl/α,β-unsaturated/α-hetero) is 2. The van der Waals surface area contributed by atoms with Gasteiger partial charge in [0.2, 0.25) is 5.78 Å². The van der Waals surface area contributed by atoms with E-state index in [1.807, 2.05) is 6.07 Å². The van der Waals surface area contributed by atoms with Crippen molar-refractivity contribution >= 4 is 11.6 Å². The Morgan fingerprint density at radius 2 is 1.96 bits per heavy atom. The molecule has 0 bridgehead atoms. The Kier molecular flexibility index (Phi) is 4.21. The Morgan fingerprint density at radius 3 is 2.77 bits per heavy atom. The van der Waals surface area contributed by atoms with Gasteiger partial charge in [0.15, 0.2) is 11.5 Å². The van der Waals surface area contributed by atoms with Gasteiger partial charge >= 0.3 is 0 Å². The van der Waals surface area contributed by atoms with Crippen molar-refractivity contribution in [1.29, 1.82) is 0 Å². The predicted octanol–water partition coefficient (Wildman–Crippen LogP) is 4.03. The standard InChI is InChI=1S/C21H16FNO3/c22-15-6-3-13(4-7-15)12-16-8-10-18(26-16)20(24)17-9-5-14-2-1-11-23-19(14)21(17)25/h1-4,6-8,10-11,17H,5,9,12H2. The van der Waals surface area contributed by atoms with Crippen molar-refractivity contribution in [2.24, 2.45) is 5.92 Å². The van der Waals surface area contributed by atoms with Crippen molar-refractivity contribution in [3.63, 3.8) is 0 Å². The summed E-state index contributed by atoms with van der Waals surface area (Å²) in [6, 6.07) is 13.1. The second-order valence-electron chi connectivity index (χ2n) is 6.40. The molecule has 0 fully saturated rings. The van der Waals surface area contributed by atoms with E-state index in [1.165, 1.54) is 12.1 Å². The van der Waals surface area contributed by atoms with Crippen LogP contribution in [0.2, 0.25) is 0 Å². The lowest BCUT2D eigenvalue weighted by atomic mass is 9.82. The summed E-state index contributed by atoms with van der Waals surface area (Å²) < 4.78 is 18.6. The molecule has 0 spiro atoms. The molecule has 0 aliphatic heterocycles. The number of pyridine rings is 1. The van der Waals surface area contributed by atoms with Crippen molar-refractivity contribution in [2.75, 3.05) is 0 Å². The molecule has 26 heavy (non-hydrogen) atoms. The molecule has 1 aliphatic carbocycles. The maximum absolute atomic E-state index is 13.0. The molecule has 0 saturated heterocycles. The molecule has 2 heterocycles. The van der Waals surface area contributed by atoms with Gasteiger partial charge in [-0.15, -0.1) is 0 Å². The van der Waals surface area contributed by atoms with Crippen LogP contribution in [-0.4, -0.2) is 16.6 Å². The minimum atomic E-state index is -0.748. The molecule has 5 heteroatoms. The van der Waals surface area contributed by atoms with Crippen LogP contribution in [0.4, 0.5) is 4.39 Å². The van der Waals surface area contributed by atoms with Gasteiger partial charge in [-0.2, -0.15) is 0 Å². The average molecular weight is 349 g/mol. The topological polar surface area (TPSA) is 60.2 Å². The van der Waals surface area contributed by atoms with Gasteiger partial charge in [0, 0.05) is 12.6 Å². The Balaban J connectivity index is 1.52. The summed E-state index contributed by atoms with van der Waals surface area (Å²) in [6.45, 7) is 0. The molecule has 1 unspecified atom stereocenters. The van der Waals surface area contributed by atoms with Gasteiger partial charge in [0.1, 0.15) is 17.3 Å². The van der Waals surface area contributed by atoms with Gasteiger partial charge in [-0.05, 0) is 54.3 Å². The zero-order valence-corrected chi connectivity index (χ0v) is 13.9. The molecule has 0 amide bonds. The quantitative estimate of drug-likeness (QED) is 0.527. The largest absolute Gasteiger partial charge is 0.458 e. The fourth-order valence-electron chi connectivity index (χ4n) is 3.29. The van der Waals surface area contributed by atoms with Crippen molar-refractivity contribution in [3.8, 4) is 0 Å². The number of carbonyl (C=O) groups excluding carboxylic acids is 2. The van der Waals surface area contributed by atoms with Crippen molar-refractivity contribution < 1.29 is 18.4 Å². The summed E-state index contributed by atoms with van der Waals surface area (Å²) in [4.78, 5) is 29.5. The summed E-state index contributed by atoms with van der Waals surface area (Å²) in [5.41, 5.74) is 2.15. The summed E-state index contributed by atoms with van der Waals surface area (Å²) in [5.74, 6) is -0.817. The maximum atomic E-state index is 13.0. The van der Waals surface area contributed by atoms with E-state index in [-0.39, 0.29) is 23.1 Å². The van der Waals surface area contributed by atoms with Gasteiger partial charge in [-0.25, -0.2) is 4.39 Å². The van der Waals surface area contributed by atoms with E-state index in [0.717, 1.165) is 11.1 Å². The first-order valence-electron chi connectivity index (χ1n) is 8.47. The van der Waals surface area contributed by atoms with Crippen LogP contribution in [0.15, 0.2) is 59.1 Å². The number of carbonyl (C=O) groups is 2. The number of aryl methyl sites for hydroxylation is 1. The Labute approximate surface area is 149 Å². The molecular formula is C21H16FNO3. The maximum Gasteiger partial charge on any atom is 0.208 e. The van der Waals surface area contributed by atoms with Gasteiger partial charge in [0.25, 0.3) is 0 Å². The lowest BCUT2D eigenvalue weighted by Gasteiger charge is -2.20. The number of fused-ring (bicyclic) bond motifs is 1. The molecule has 0 saturated carbocycles. The normalized spacial score (nSPS) is 16.3. The minimum absolute atomic E-state index is 0.180. The average Bonchev–Trinajstić information content (AvgIpc) is 3.12. The summed E-state index contributed by atoms with van der Waals surface area (Å²) >= 11 is 0. The predicted molar refractivity (Wildman–Crippen MR) is 92.6 cm³/mol. The monoisotopic (exact) mass is 349 g/mol. The number of benzene rings is 1. The Hall–Kier alpha value is -3.08. The number of hydrogen-bond donors (Lipinski definition) is 0. The highest BCUT2D eigenvalue weighted by Gasteiger charge is 2.35. The Bertz CT molecular complexity index is 975.